The van der Waals surface area contributed by atoms with Crippen LogP contribution in [0.15, 0.2) is 72.8 Å². The molecule has 5 heteroatoms. The minimum absolute atomic E-state index is 0.0309. The number of hydrogen-bond acceptors (Lipinski definition) is 4. The SMILES string of the molecule is CCN(CC)C(=O)c1ccc(Cc2ccccc2OCCN2CCC3(CC2)CC(=O)c2ccccc23)cc1. The number of amides is 1. The maximum absolute atomic E-state index is 12.6. The van der Waals surface area contributed by atoms with E-state index in [1.165, 1.54) is 5.56 Å². The van der Waals surface area contributed by atoms with Gasteiger partial charge < -0.3 is 9.64 Å². The van der Waals surface area contributed by atoms with Crippen LogP contribution in [0.25, 0.3) is 0 Å². The predicted octanol–water partition coefficient (Wildman–Crippen LogP) is 5.76. The second kappa shape index (κ2) is 11.5. The highest BCUT2D eigenvalue weighted by molar-refractivity contribution is 6.02. The maximum atomic E-state index is 12.6. The number of piperidine rings is 1. The third kappa shape index (κ3) is 5.39. The molecule has 1 fully saturated rings. The van der Waals surface area contributed by atoms with Crippen LogP contribution in [0.4, 0.5) is 0 Å². The Morgan fingerprint density at radius 3 is 2.34 bits per heavy atom. The minimum atomic E-state index is 0.0309. The molecule has 0 atom stereocenters. The van der Waals surface area contributed by atoms with Gasteiger partial charge in [0.25, 0.3) is 5.91 Å². The number of benzene rings is 3. The summed E-state index contributed by atoms with van der Waals surface area (Å²) in [5, 5.41) is 0. The molecule has 3 aromatic rings. The summed E-state index contributed by atoms with van der Waals surface area (Å²) >= 11 is 0. The molecule has 1 spiro atoms. The molecule has 0 saturated carbocycles. The van der Waals surface area contributed by atoms with E-state index in [0.29, 0.717) is 31.9 Å². The molecule has 0 unspecified atom stereocenters. The van der Waals surface area contributed by atoms with Gasteiger partial charge in [-0.25, -0.2) is 0 Å². The van der Waals surface area contributed by atoms with Crippen molar-refractivity contribution >= 4 is 11.7 Å². The Morgan fingerprint density at radius 2 is 1.61 bits per heavy atom. The number of nitrogens with zero attached hydrogens (tertiary/aromatic N) is 2. The highest BCUT2D eigenvalue weighted by Crippen LogP contribution is 2.46. The highest BCUT2D eigenvalue weighted by atomic mass is 16.5. The molecule has 0 radical (unpaired) electrons. The first-order valence-electron chi connectivity index (χ1n) is 14.0. The Kier molecular flexibility index (Phi) is 7.94. The van der Waals surface area contributed by atoms with Crippen LogP contribution in [0.5, 0.6) is 5.75 Å². The molecule has 1 aliphatic heterocycles. The Balaban J connectivity index is 1.14. The largest absolute Gasteiger partial charge is 0.492 e. The summed E-state index contributed by atoms with van der Waals surface area (Å²) < 4.78 is 6.27. The first kappa shape index (κ1) is 26.2. The van der Waals surface area contributed by atoms with E-state index in [-0.39, 0.29) is 11.3 Å². The molecule has 2 aliphatic rings. The molecular weight excluding hydrogens is 472 g/mol. The molecule has 0 bridgehead atoms. The van der Waals surface area contributed by atoms with Crippen molar-refractivity contribution in [2.45, 2.75) is 44.9 Å². The number of ether oxygens (including phenoxy) is 1. The van der Waals surface area contributed by atoms with Crippen LogP contribution >= 0.6 is 0 Å². The molecule has 0 N–H and O–H groups in total. The molecule has 3 aromatic carbocycles. The van der Waals surface area contributed by atoms with Crippen LogP contribution in [0.1, 0.15) is 70.5 Å². The number of likely N-dealkylation sites (tertiary alicyclic amines) is 1. The van der Waals surface area contributed by atoms with Gasteiger partial charge in [-0.05, 0) is 74.7 Å². The number of Topliss-reactive ketones (excluding diaryl/α,β-unsaturated/α-hetero) is 1. The molecule has 1 aliphatic carbocycles. The Bertz CT molecular complexity index is 1270. The van der Waals surface area contributed by atoms with Gasteiger partial charge in [0.15, 0.2) is 5.78 Å². The molecule has 1 amide bonds. The number of carbonyl (C=O) groups is 2. The molecule has 0 aromatic heterocycles. The van der Waals surface area contributed by atoms with Gasteiger partial charge in [-0.2, -0.15) is 0 Å². The quantitative estimate of drug-likeness (QED) is 0.367. The van der Waals surface area contributed by atoms with Gasteiger partial charge in [0.05, 0.1) is 0 Å². The van der Waals surface area contributed by atoms with E-state index >= 15 is 0 Å². The van der Waals surface area contributed by atoms with Crippen molar-refractivity contribution in [2.24, 2.45) is 0 Å². The Morgan fingerprint density at radius 1 is 0.921 bits per heavy atom. The van der Waals surface area contributed by atoms with Crippen LogP contribution in [0, 0.1) is 0 Å². The average molecular weight is 511 g/mol. The normalized spacial score (nSPS) is 16.4. The van der Waals surface area contributed by atoms with Gasteiger partial charge >= 0.3 is 0 Å². The summed E-state index contributed by atoms with van der Waals surface area (Å²) in [6, 6.07) is 24.4. The van der Waals surface area contributed by atoms with Crippen molar-refractivity contribution in [3.63, 3.8) is 0 Å². The van der Waals surface area contributed by atoms with Crippen LogP contribution in [0.3, 0.4) is 0 Å². The smallest absolute Gasteiger partial charge is 0.253 e. The molecular formula is C33H38N2O3. The summed E-state index contributed by atoms with van der Waals surface area (Å²) in [6.07, 6.45) is 3.47. The van der Waals surface area contributed by atoms with E-state index < -0.39 is 0 Å². The summed E-state index contributed by atoms with van der Waals surface area (Å²) in [4.78, 5) is 29.5. The van der Waals surface area contributed by atoms with Gasteiger partial charge in [-0.3, -0.25) is 14.5 Å². The molecule has 38 heavy (non-hydrogen) atoms. The lowest BCUT2D eigenvalue weighted by Gasteiger charge is -2.39. The van der Waals surface area contributed by atoms with Crippen molar-refractivity contribution in [1.82, 2.24) is 9.80 Å². The molecule has 1 saturated heterocycles. The fourth-order valence-corrected chi connectivity index (χ4v) is 6.09. The fourth-order valence-electron chi connectivity index (χ4n) is 6.09. The van der Waals surface area contributed by atoms with Crippen LogP contribution in [0.2, 0.25) is 0 Å². The maximum Gasteiger partial charge on any atom is 0.253 e. The Hall–Kier alpha value is -3.44. The van der Waals surface area contributed by atoms with Crippen LogP contribution in [-0.4, -0.2) is 60.8 Å². The molecule has 5 nitrogen and oxygen atoms in total. The van der Waals surface area contributed by atoms with Crippen LogP contribution in [-0.2, 0) is 11.8 Å². The number of fused-ring (bicyclic) bond motifs is 2. The van der Waals surface area contributed by atoms with Gasteiger partial charge in [-0.15, -0.1) is 0 Å². The monoisotopic (exact) mass is 510 g/mol. The van der Waals surface area contributed by atoms with Crippen molar-refractivity contribution in [2.75, 3.05) is 39.3 Å². The van der Waals surface area contributed by atoms with E-state index in [4.69, 9.17) is 4.74 Å². The number of rotatable bonds is 9. The zero-order valence-electron chi connectivity index (χ0n) is 22.6. The predicted molar refractivity (Wildman–Crippen MR) is 151 cm³/mol. The number of hydrogen-bond donors (Lipinski definition) is 0. The van der Waals surface area contributed by atoms with Gasteiger partial charge in [-0.1, -0.05) is 54.6 Å². The van der Waals surface area contributed by atoms with Crippen molar-refractivity contribution < 1.29 is 14.3 Å². The van der Waals surface area contributed by atoms with Crippen molar-refractivity contribution in [3.05, 3.63) is 101 Å². The summed E-state index contributed by atoms with van der Waals surface area (Å²) in [5.41, 5.74) is 5.27. The summed E-state index contributed by atoms with van der Waals surface area (Å²) in [7, 11) is 0. The third-order valence-electron chi connectivity index (χ3n) is 8.39. The van der Waals surface area contributed by atoms with E-state index in [0.717, 1.165) is 66.9 Å². The topological polar surface area (TPSA) is 49.9 Å². The van der Waals surface area contributed by atoms with E-state index in [1.807, 2.05) is 73.3 Å². The van der Waals surface area contributed by atoms with E-state index in [2.05, 4.69) is 23.1 Å². The van der Waals surface area contributed by atoms with E-state index in [1.54, 1.807) is 0 Å². The fraction of sp³-hybridized carbons (Fsp3) is 0.394. The Labute approximate surface area is 226 Å². The molecule has 1 heterocycles. The highest BCUT2D eigenvalue weighted by Gasteiger charge is 2.44. The van der Waals surface area contributed by atoms with Gasteiger partial charge in [0.1, 0.15) is 12.4 Å². The van der Waals surface area contributed by atoms with Crippen LogP contribution < -0.4 is 4.74 Å². The molecule has 198 valence electrons. The van der Waals surface area contributed by atoms with Crippen molar-refractivity contribution in [3.8, 4) is 5.75 Å². The van der Waals surface area contributed by atoms with Gasteiger partial charge in [0, 0.05) is 49.0 Å². The number of para-hydroxylation sites is 1. The average Bonchev–Trinajstić information content (AvgIpc) is 3.23. The number of ketones is 1. The standard InChI is InChI=1S/C33H38N2O3/c1-3-35(4-2)32(37)26-15-13-25(14-16-26)23-27-9-5-8-12-31(27)38-22-21-34-19-17-33(18-20-34)24-30(36)28-10-6-7-11-29(28)33/h5-16H,3-4,17-24H2,1-2H3. The third-order valence-corrected chi connectivity index (χ3v) is 8.39. The zero-order chi connectivity index (χ0) is 26.5. The lowest BCUT2D eigenvalue weighted by atomic mass is 9.74. The van der Waals surface area contributed by atoms with Gasteiger partial charge in [0.2, 0.25) is 0 Å². The lowest BCUT2D eigenvalue weighted by molar-refractivity contribution is 0.0772. The first-order valence-corrected chi connectivity index (χ1v) is 14.0. The van der Waals surface area contributed by atoms with Crippen molar-refractivity contribution in [1.29, 1.82) is 0 Å². The molecule has 5 rings (SSSR count). The second-order valence-corrected chi connectivity index (χ2v) is 10.6. The second-order valence-electron chi connectivity index (χ2n) is 10.6. The van der Waals surface area contributed by atoms with E-state index in [9.17, 15) is 9.59 Å². The summed E-state index contributed by atoms with van der Waals surface area (Å²) in [5.74, 6) is 1.30. The minimum Gasteiger partial charge on any atom is -0.492 e. The lowest BCUT2D eigenvalue weighted by Crippen LogP contribution is -2.43. The zero-order valence-corrected chi connectivity index (χ0v) is 22.6. The number of carbonyl (C=O) groups excluding carboxylic acids is 2. The first-order chi connectivity index (χ1) is 18.5. The summed E-state index contributed by atoms with van der Waals surface area (Å²) in [6.45, 7) is 8.94.